The van der Waals surface area contributed by atoms with Crippen LogP contribution in [0.3, 0.4) is 0 Å². The molecule has 0 aliphatic rings. The van der Waals surface area contributed by atoms with E-state index in [1.165, 1.54) is 11.4 Å². The van der Waals surface area contributed by atoms with Crippen LogP contribution in [0.2, 0.25) is 5.02 Å². The molecule has 28 heavy (non-hydrogen) atoms. The van der Waals surface area contributed by atoms with Crippen molar-refractivity contribution in [3.05, 3.63) is 95.0 Å². The second-order valence-electron chi connectivity index (χ2n) is 6.24. The summed E-state index contributed by atoms with van der Waals surface area (Å²) >= 11 is 5.92. The Hall–Kier alpha value is -2.67. The van der Waals surface area contributed by atoms with Gasteiger partial charge in [-0.15, -0.1) is 0 Å². The Morgan fingerprint density at radius 2 is 1.64 bits per heavy atom. The van der Waals surface area contributed by atoms with E-state index in [1.807, 2.05) is 0 Å². The molecule has 0 atom stereocenters. The highest BCUT2D eigenvalue weighted by atomic mass is 35.5. The number of sulfonamides is 1. The summed E-state index contributed by atoms with van der Waals surface area (Å²) in [4.78, 5) is 12.6. The molecule has 0 unspecified atom stereocenters. The summed E-state index contributed by atoms with van der Waals surface area (Å²) in [6, 6.07) is 22.0. The van der Waals surface area contributed by atoms with Crippen molar-refractivity contribution >= 4 is 33.2 Å². The van der Waals surface area contributed by atoms with Gasteiger partial charge in [-0.2, -0.15) is 4.31 Å². The molecule has 0 saturated heterocycles. The van der Waals surface area contributed by atoms with E-state index in [9.17, 15) is 13.2 Å². The highest BCUT2D eigenvalue weighted by Gasteiger charge is 2.20. The van der Waals surface area contributed by atoms with Gasteiger partial charge in [0.2, 0.25) is 10.0 Å². The molecule has 0 aliphatic carbocycles. The monoisotopic (exact) mass is 414 g/mol. The minimum absolute atomic E-state index is 0.202. The number of anilines is 1. The predicted molar refractivity (Wildman–Crippen MR) is 111 cm³/mol. The van der Waals surface area contributed by atoms with Crippen LogP contribution in [0.4, 0.5) is 5.69 Å². The number of nitrogens with zero attached hydrogens (tertiary/aromatic N) is 1. The van der Waals surface area contributed by atoms with Gasteiger partial charge >= 0.3 is 0 Å². The molecule has 0 aliphatic heterocycles. The van der Waals surface area contributed by atoms with Crippen LogP contribution in [0.1, 0.15) is 15.9 Å². The molecule has 0 radical (unpaired) electrons. The largest absolute Gasteiger partial charge is 0.322 e. The SMILES string of the molecule is CN(Cc1ccc(C(=O)Nc2cccc(Cl)c2)cc1)S(=O)(=O)c1ccccc1. The van der Waals surface area contributed by atoms with Gasteiger partial charge in [-0.1, -0.05) is 48.0 Å². The first-order chi connectivity index (χ1) is 13.4. The summed E-state index contributed by atoms with van der Waals surface area (Å²) in [5.74, 6) is -0.265. The molecule has 3 rings (SSSR count). The minimum atomic E-state index is -3.57. The van der Waals surface area contributed by atoms with Gasteiger partial charge < -0.3 is 5.32 Å². The number of halogens is 1. The molecular formula is C21H19ClN2O3S. The van der Waals surface area contributed by atoms with Gasteiger partial charge in [-0.25, -0.2) is 8.42 Å². The summed E-state index contributed by atoms with van der Waals surface area (Å²) < 4.78 is 26.5. The van der Waals surface area contributed by atoms with Crippen molar-refractivity contribution in [2.45, 2.75) is 11.4 Å². The lowest BCUT2D eigenvalue weighted by molar-refractivity contribution is 0.102. The molecule has 144 valence electrons. The van der Waals surface area contributed by atoms with Gasteiger partial charge in [0.25, 0.3) is 5.91 Å². The lowest BCUT2D eigenvalue weighted by Crippen LogP contribution is -2.26. The van der Waals surface area contributed by atoms with Gasteiger partial charge in [-0.3, -0.25) is 4.79 Å². The quantitative estimate of drug-likeness (QED) is 0.649. The van der Waals surface area contributed by atoms with E-state index in [0.29, 0.717) is 16.3 Å². The lowest BCUT2D eigenvalue weighted by Gasteiger charge is -2.17. The first kappa shape index (κ1) is 20.1. The summed E-state index contributed by atoms with van der Waals surface area (Å²) in [5, 5.41) is 3.31. The molecule has 1 N–H and O–H groups in total. The Morgan fingerprint density at radius 3 is 2.29 bits per heavy atom. The molecule has 0 fully saturated rings. The Labute approximate surface area is 169 Å². The van der Waals surface area contributed by atoms with Crippen molar-refractivity contribution in [2.24, 2.45) is 0 Å². The van der Waals surface area contributed by atoms with E-state index in [0.717, 1.165) is 5.56 Å². The highest BCUT2D eigenvalue weighted by molar-refractivity contribution is 7.89. The molecular weight excluding hydrogens is 396 g/mol. The Bertz CT molecular complexity index is 1070. The molecule has 0 bridgehead atoms. The zero-order valence-electron chi connectivity index (χ0n) is 15.2. The summed E-state index contributed by atoms with van der Waals surface area (Å²) in [5.41, 5.74) is 1.86. The van der Waals surface area contributed by atoms with Crippen molar-refractivity contribution in [1.82, 2.24) is 4.31 Å². The van der Waals surface area contributed by atoms with Gasteiger partial charge in [0.15, 0.2) is 0 Å². The van der Waals surface area contributed by atoms with Crippen LogP contribution >= 0.6 is 11.6 Å². The molecule has 3 aromatic carbocycles. The third kappa shape index (κ3) is 4.78. The van der Waals surface area contributed by atoms with E-state index in [2.05, 4.69) is 5.32 Å². The maximum absolute atomic E-state index is 12.6. The Kier molecular flexibility index (Phi) is 6.14. The third-order valence-electron chi connectivity index (χ3n) is 4.16. The summed E-state index contributed by atoms with van der Waals surface area (Å²) in [7, 11) is -2.04. The number of hydrogen-bond acceptors (Lipinski definition) is 3. The van der Waals surface area contributed by atoms with Crippen molar-refractivity contribution in [3.63, 3.8) is 0 Å². The van der Waals surface area contributed by atoms with E-state index in [4.69, 9.17) is 11.6 Å². The maximum Gasteiger partial charge on any atom is 0.255 e. The number of carbonyl (C=O) groups is 1. The normalized spacial score (nSPS) is 11.4. The van der Waals surface area contributed by atoms with Crippen molar-refractivity contribution in [2.75, 3.05) is 12.4 Å². The van der Waals surface area contributed by atoms with E-state index < -0.39 is 10.0 Å². The second kappa shape index (κ2) is 8.56. The van der Waals surface area contributed by atoms with Gasteiger partial charge in [-0.05, 0) is 48.0 Å². The van der Waals surface area contributed by atoms with Crippen LogP contribution in [0.5, 0.6) is 0 Å². The van der Waals surface area contributed by atoms with Crippen LogP contribution in [-0.4, -0.2) is 25.7 Å². The van der Waals surface area contributed by atoms with Crippen molar-refractivity contribution < 1.29 is 13.2 Å². The van der Waals surface area contributed by atoms with E-state index in [1.54, 1.807) is 78.9 Å². The molecule has 0 spiro atoms. The number of amides is 1. The second-order valence-corrected chi connectivity index (χ2v) is 8.72. The van der Waals surface area contributed by atoms with Crippen LogP contribution < -0.4 is 5.32 Å². The smallest absolute Gasteiger partial charge is 0.255 e. The molecule has 0 saturated carbocycles. The van der Waals surface area contributed by atoms with Crippen LogP contribution in [0.25, 0.3) is 0 Å². The third-order valence-corrected chi connectivity index (χ3v) is 6.21. The predicted octanol–water partition coefficient (Wildman–Crippen LogP) is 4.41. The summed E-state index contributed by atoms with van der Waals surface area (Å²) in [6.45, 7) is 0.202. The van der Waals surface area contributed by atoms with Crippen molar-refractivity contribution in [1.29, 1.82) is 0 Å². The zero-order chi connectivity index (χ0) is 20.1. The van der Waals surface area contributed by atoms with Crippen LogP contribution in [0.15, 0.2) is 83.8 Å². The highest BCUT2D eigenvalue weighted by Crippen LogP contribution is 2.18. The molecule has 7 heteroatoms. The lowest BCUT2D eigenvalue weighted by atomic mass is 10.1. The average Bonchev–Trinajstić information content (AvgIpc) is 2.69. The number of benzene rings is 3. The Balaban J connectivity index is 1.68. The molecule has 1 amide bonds. The maximum atomic E-state index is 12.6. The number of hydrogen-bond donors (Lipinski definition) is 1. The number of rotatable bonds is 6. The first-order valence-electron chi connectivity index (χ1n) is 8.53. The van der Waals surface area contributed by atoms with Crippen molar-refractivity contribution in [3.8, 4) is 0 Å². The number of nitrogens with one attached hydrogen (secondary N) is 1. The van der Waals surface area contributed by atoms with Gasteiger partial charge in [0.05, 0.1) is 4.90 Å². The standard InChI is InChI=1S/C21H19ClN2O3S/c1-24(28(26,27)20-8-3-2-4-9-20)15-16-10-12-17(13-11-16)21(25)23-19-7-5-6-18(22)14-19/h2-14H,15H2,1H3,(H,23,25). The first-order valence-corrected chi connectivity index (χ1v) is 10.4. The molecule has 3 aromatic rings. The van der Waals surface area contributed by atoms with E-state index in [-0.39, 0.29) is 17.3 Å². The molecule has 0 heterocycles. The Morgan fingerprint density at radius 1 is 0.964 bits per heavy atom. The van der Waals surface area contributed by atoms with Gasteiger partial charge in [0.1, 0.15) is 0 Å². The average molecular weight is 415 g/mol. The fourth-order valence-electron chi connectivity index (χ4n) is 2.65. The number of carbonyl (C=O) groups excluding carboxylic acids is 1. The fourth-order valence-corrected chi connectivity index (χ4v) is 4.02. The molecule has 5 nitrogen and oxygen atoms in total. The summed E-state index contributed by atoms with van der Waals surface area (Å²) in [6.07, 6.45) is 0. The molecule has 0 aromatic heterocycles. The zero-order valence-corrected chi connectivity index (χ0v) is 16.7. The topological polar surface area (TPSA) is 66.5 Å². The van der Waals surface area contributed by atoms with E-state index >= 15 is 0 Å². The minimum Gasteiger partial charge on any atom is -0.322 e. The van der Waals surface area contributed by atoms with Crippen LogP contribution in [-0.2, 0) is 16.6 Å². The van der Waals surface area contributed by atoms with Crippen LogP contribution in [0, 0.1) is 0 Å². The van der Waals surface area contributed by atoms with Gasteiger partial charge in [0, 0.05) is 29.9 Å². The fraction of sp³-hybridized carbons (Fsp3) is 0.0952.